The van der Waals surface area contributed by atoms with E-state index in [1.165, 1.54) is 0 Å². The zero-order valence-electron chi connectivity index (χ0n) is 15.0. The highest BCUT2D eigenvalue weighted by Gasteiger charge is 2.10. The summed E-state index contributed by atoms with van der Waals surface area (Å²) in [5.41, 5.74) is 0.418. The van der Waals surface area contributed by atoms with Crippen LogP contribution in [0.15, 0.2) is 30.3 Å². The van der Waals surface area contributed by atoms with Gasteiger partial charge in [-0.1, -0.05) is 18.2 Å². The predicted molar refractivity (Wildman–Crippen MR) is 96.5 cm³/mol. The summed E-state index contributed by atoms with van der Waals surface area (Å²) in [7, 11) is 0. The van der Waals surface area contributed by atoms with E-state index in [1.54, 1.807) is 37.3 Å². The van der Waals surface area contributed by atoms with E-state index in [4.69, 9.17) is 0 Å². The minimum atomic E-state index is -0.578. The molecule has 146 valence electrons. The topological polar surface area (TPSA) is 146 Å². The largest absolute Gasteiger partial charge is 0.355 e. The number of hydrogen-bond donors (Lipinski definition) is 5. The molecule has 0 radical (unpaired) electrons. The van der Waals surface area contributed by atoms with Gasteiger partial charge in [0.05, 0.1) is 26.2 Å². The Labute approximate surface area is 156 Å². The van der Waals surface area contributed by atoms with Crippen molar-refractivity contribution in [2.75, 3.05) is 32.7 Å². The molecule has 0 aromatic heterocycles. The van der Waals surface area contributed by atoms with E-state index in [2.05, 4.69) is 26.6 Å². The van der Waals surface area contributed by atoms with E-state index in [0.29, 0.717) is 12.1 Å². The van der Waals surface area contributed by atoms with Gasteiger partial charge in [0, 0.05) is 12.1 Å². The fourth-order valence-corrected chi connectivity index (χ4v) is 1.84. The van der Waals surface area contributed by atoms with Crippen LogP contribution in [0.1, 0.15) is 17.3 Å². The molecule has 1 aromatic carbocycles. The summed E-state index contributed by atoms with van der Waals surface area (Å²) in [6.07, 6.45) is 0. The maximum Gasteiger partial charge on any atom is 0.251 e. The highest BCUT2D eigenvalue weighted by Crippen LogP contribution is 1.97. The Balaban J connectivity index is 2.16. The second-order valence-electron chi connectivity index (χ2n) is 5.33. The molecule has 0 fully saturated rings. The monoisotopic (exact) mass is 377 g/mol. The molecule has 10 nitrogen and oxygen atoms in total. The molecule has 5 N–H and O–H groups in total. The zero-order valence-corrected chi connectivity index (χ0v) is 15.0. The van der Waals surface area contributed by atoms with Gasteiger partial charge in [-0.2, -0.15) is 0 Å². The van der Waals surface area contributed by atoms with Gasteiger partial charge in [0.25, 0.3) is 5.91 Å². The van der Waals surface area contributed by atoms with E-state index >= 15 is 0 Å². The molecule has 0 atom stereocenters. The van der Waals surface area contributed by atoms with Crippen molar-refractivity contribution in [2.45, 2.75) is 6.92 Å². The minimum absolute atomic E-state index is 0.180. The molecule has 0 aliphatic rings. The molecular weight excluding hydrogens is 354 g/mol. The van der Waals surface area contributed by atoms with Gasteiger partial charge in [-0.25, -0.2) is 0 Å². The van der Waals surface area contributed by atoms with Crippen molar-refractivity contribution in [3.63, 3.8) is 0 Å². The average Bonchev–Trinajstić information content (AvgIpc) is 2.68. The van der Waals surface area contributed by atoms with E-state index in [1.807, 2.05) is 0 Å². The Kier molecular flexibility index (Phi) is 9.61. The molecule has 27 heavy (non-hydrogen) atoms. The van der Waals surface area contributed by atoms with Crippen molar-refractivity contribution in [3.05, 3.63) is 35.9 Å². The van der Waals surface area contributed by atoms with Gasteiger partial charge in [-0.05, 0) is 19.1 Å². The van der Waals surface area contributed by atoms with Gasteiger partial charge in [0.15, 0.2) is 0 Å². The number of amides is 5. The van der Waals surface area contributed by atoms with Gasteiger partial charge >= 0.3 is 0 Å². The van der Waals surface area contributed by atoms with Crippen LogP contribution in [0, 0.1) is 0 Å². The Hall–Kier alpha value is -3.43. The van der Waals surface area contributed by atoms with Crippen LogP contribution in [0.3, 0.4) is 0 Å². The molecule has 0 spiro atoms. The van der Waals surface area contributed by atoms with E-state index in [0.717, 1.165) is 0 Å². The molecule has 0 aliphatic carbocycles. The zero-order chi connectivity index (χ0) is 20.1. The number of benzene rings is 1. The highest BCUT2D eigenvalue weighted by molar-refractivity contribution is 5.97. The summed E-state index contributed by atoms with van der Waals surface area (Å²) in [6.45, 7) is 1.08. The lowest BCUT2D eigenvalue weighted by Gasteiger charge is -2.08. The first kappa shape index (κ1) is 21.6. The number of carbonyl (C=O) groups excluding carboxylic acids is 5. The van der Waals surface area contributed by atoms with Crippen molar-refractivity contribution >= 4 is 29.5 Å². The normalized spacial score (nSPS) is 9.67. The minimum Gasteiger partial charge on any atom is -0.355 e. The predicted octanol–water partition coefficient (Wildman–Crippen LogP) is -2.10. The number of hydrogen-bond acceptors (Lipinski definition) is 5. The third-order valence-electron chi connectivity index (χ3n) is 3.16. The van der Waals surface area contributed by atoms with E-state index in [-0.39, 0.29) is 32.1 Å². The van der Waals surface area contributed by atoms with Gasteiger partial charge in [0.1, 0.15) is 0 Å². The van der Waals surface area contributed by atoms with Gasteiger partial charge in [0.2, 0.25) is 23.6 Å². The first-order valence-corrected chi connectivity index (χ1v) is 8.32. The first-order valence-electron chi connectivity index (χ1n) is 8.32. The number of rotatable bonds is 10. The molecular formula is C17H23N5O5. The quantitative estimate of drug-likeness (QED) is 0.317. The molecule has 1 rings (SSSR count). The summed E-state index contributed by atoms with van der Waals surface area (Å²) < 4.78 is 0. The number of carbonyl (C=O) groups is 5. The summed E-state index contributed by atoms with van der Waals surface area (Å²) in [4.78, 5) is 57.6. The Morgan fingerprint density at radius 2 is 1.04 bits per heavy atom. The average molecular weight is 377 g/mol. The molecule has 10 heteroatoms. The first-order chi connectivity index (χ1) is 12.9. The maximum absolute atomic E-state index is 11.8. The van der Waals surface area contributed by atoms with Crippen LogP contribution in [-0.2, 0) is 19.2 Å². The summed E-state index contributed by atoms with van der Waals surface area (Å²) in [6, 6.07) is 8.38. The van der Waals surface area contributed by atoms with E-state index in [9.17, 15) is 24.0 Å². The van der Waals surface area contributed by atoms with Crippen molar-refractivity contribution in [1.29, 1.82) is 0 Å². The molecule has 5 amide bonds. The van der Waals surface area contributed by atoms with Crippen LogP contribution in [0.2, 0.25) is 0 Å². The van der Waals surface area contributed by atoms with Crippen LogP contribution in [0.25, 0.3) is 0 Å². The Morgan fingerprint density at radius 3 is 1.48 bits per heavy atom. The summed E-state index contributed by atoms with van der Waals surface area (Å²) in [5, 5.41) is 11.9. The number of nitrogens with one attached hydrogen (secondary N) is 5. The lowest BCUT2D eigenvalue weighted by Crippen LogP contribution is -2.45. The maximum atomic E-state index is 11.8. The third kappa shape index (κ3) is 9.58. The Morgan fingerprint density at radius 1 is 0.630 bits per heavy atom. The Bertz CT molecular complexity index is 678. The van der Waals surface area contributed by atoms with Crippen LogP contribution in [0.5, 0.6) is 0 Å². The standard InChI is InChI=1S/C17H23N5O5/c1-2-18-13(23)8-19-14(24)9-20-15(25)10-21-16(26)11-22-17(27)12-6-4-3-5-7-12/h3-7H,2,8-11H2,1H3,(H,18,23)(H,19,24)(H,20,25)(H,21,26)(H,22,27). The van der Waals surface area contributed by atoms with Crippen molar-refractivity contribution < 1.29 is 24.0 Å². The molecule has 0 aliphatic heterocycles. The van der Waals surface area contributed by atoms with E-state index < -0.39 is 23.6 Å². The molecule has 0 saturated carbocycles. The van der Waals surface area contributed by atoms with Crippen molar-refractivity contribution in [3.8, 4) is 0 Å². The highest BCUT2D eigenvalue weighted by atomic mass is 16.2. The lowest BCUT2D eigenvalue weighted by atomic mass is 10.2. The van der Waals surface area contributed by atoms with Gasteiger partial charge in [-0.3, -0.25) is 24.0 Å². The summed E-state index contributed by atoms with van der Waals surface area (Å²) in [5.74, 6) is -2.39. The smallest absolute Gasteiger partial charge is 0.251 e. The van der Waals surface area contributed by atoms with Crippen molar-refractivity contribution in [2.24, 2.45) is 0 Å². The SMILES string of the molecule is CCNC(=O)CNC(=O)CNC(=O)CNC(=O)CNC(=O)c1ccccc1. The van der Waals surface area contributed by atoms with Crippen LogP contribution in [-0.4, -0.2) is 62.3 Å². The summed E-state index contributed by atoms with van der Waals surface area (Å²) >= 11 is 0. The molecule has 0 bridgehead atoms. The van der Waals surface area contributed by atoms with Crippen LogP contribution in [0.4, 0.5) is 0 Å². The molecule has 0 saturated heterocycles. The second-order valence-corrected chi connectivity index (χ2v) is 5.33. The van der Waals surface area contributed by atoms with Crippen LogP contribution < -0.4 is 26.6 Å². The third-order valence-corrected chi connectivity index (χ3v) is 3.16. The van der Waals surface area contributed by atoms with Crippen LogP contribution >= 0.6 is 0 Å². The lowest BCUT2D eigenvalue weighted by molar-refractivity contribution is -0.128. The molecule has 0 heterocycles. The fourth-order valence-electron chi connectivity index (χ4n) is 1.84. The second kappa shape index (κ2) is 12.0. The van der Waals surface area contributed by atoms with Crippen molar-refractivity contribution in [1.82, 2.24) is 26.6 Å². The van der Waals surface area contributed by atoms with Gasteiger partial charge < -0.3 is 26.6 Å². The number of likely N-dealkylation sites (N-methyl/N-ethyl adjacent to an activating group) is 1. The molecule has 1 aromatic rings. The molecule has 0 unspecified atom stereocenters. The fraction of sp³-hybridized carbons (Fsp3) is 0.353. The van der Waals surface area contributed by atoms with Gasteiger partial charge in [-0.15, -0.1) is 0 Å².